The molecule has 0 unspecified atom stereocenters. The largest absolute Gasteiger partial charge is 0.393 e. The lowest BCUT2D eigenvalue weighted by molar-refractivity contribution is -0.383. The van der Waals surface area contributed by atoms with Crippen LogP contribution in [0.5, 0.6) is 0 Å². The highest BCUT2D eigenvalue weighted by atomic mass is 16.6. The topological polar surface area (TPSA) is 82.0 Å². The molecule has 2 aromatic rings. The maximum Gasteiger partial charge on any atom is 0.318 e. The van der Waals surface area contributed by atoms with Crippen LogP contribution in [-0.4, -0.2) is 9.91 Å². The minimum atomic E-state index is -0.489. The fourth-order valence-corrected chi connectivity index (χ4v) is 1.80. The van der Waals surface area contributed by atoms with Crippen molar-refractivity contribution in [2.45, 2.75) is 13.8 Å². The molecule has 1 aromatic carbocycles. The Morgan fingerprint density at radius 1 is 1.22 bits per heavy atom. The van der Waals surface area contributed by atoms with Crippen LogP contribution in [0.3, 0.4) is 0 Å². The molecule has 0 saturated carbocycles. The molecule has 0 fully saturated rings. The Morgan fingerprint density at radius 2 is 1.83 bits per heavy atom. The standard InChI is InChI=1S/C13H13N3O2/c1-8-3-5-10(6-4-8)12-13(16(17)18)11(14)7-9(2)15-12/h3-7H,1-2H3,(H2,14,15). The van der Waals surface area contributed by atoms with E-state index < -0.39 is 4.92 Å². The van der Waals surface area contributed by atoms with E-state index in [9.17, 15) is 10.1 Å². The van der Waals surface area contributed by atoms with Gasteiger partial charge < -0.3 is 5.73 Å². The summed E-state index contributed by atoms with van der Waals surface area (Å²) in [5, 5.41) is 11.1. The molecule has 5 nitrogen and oxygen atoms in total. The van der Waals surface area contributed by atoms with E-state index in [2.05, 4.69) is 4.98 Å². The van der Waals surface area contributed by atoms with E-state index in [1.807, 2.05) is 31.2 Å². The van der Waals surface area contributed by atoms with Crippen LogP contribution in [0.2, 0.25) is 0 Å². The number of aryl methyl sites for hydroxylation is 2. The van der Waals surface area contributed by atoms with Gasteiger partial charge >= 0.3 is 5.69 Å². The third-order valence-electron chi connectivity index (χ3n) is 2.66. The number of rotatable bonds is 2. The van der Waals surface area contributed by atoms with Crippen LogP contribution in [0.15, 0.2) is 30.3 Å². The second kappa shape index (κ2) is 4.44. The Labute approximate surface area is 104 Å². The first-order valence-electron chi connectivity index (χ1n) is 5.47. The first-order valence-corrected chi connectivity index (χ1v) is 5.47. The minimum absolute atomic E-state index is 0.135. The van der Waals surface area contributed by atoms with Crippen molar-refractivity contribution in [1.82, 2.24) is 4.98 Å². The lowest BCUT2D eigenvalue weighted by atomic mass is 10.1. The molecule has 1 aromatic heterocycles. The van der Waals surface area contributed by atoms with Crippen LogP contribution < -0.4 is 5.73 Å². The van der Waals surface area contributed by atoms with Crippen LogP contribution in [0.1, 0.15) is 11.3 Å². The van der Waals surface area contributed by atoms with Crippen LogP contribution in [0.4, 0.5) is 11.4 Å². The third-order valence-corrected chi connectivity index (χ3v) is 2.66. The molecule has 0 atom stereocenters. The second-order valence-electron chi connectivity index (χ2n) is 4.17. The van der Waals surface area contributed by atoms with E-state index in [1.54, 1.807) is 6.92 Å². The average Bonchev–Trinajstić information content (AvgIpc) is 2.28. The molecule has 2 N–H and O–H groups in total. The van der Waals surface area contributed by atoms with Gasteiger partial charge in [0.05, 0.1) is 4.92 Å². The van der Waals surface area contributed by atoms with Gasteiger partial charge in [-0.3, -0.25) is 10.1 Å². The predicted octanol–water partition coefficient (Wildman–Crippen LogP) is 2.86. The molecule has 2 rings (SSSR count). The molecule has 0 aliphatic rings. The number of hydrogen-bond acceptors (Lipinski definition) is 4. The molecule has 92 valence electrons. The highest BCUT2D eigenvalue weighted by Crippen LogP contribution is 2.33. The normalized spacial score (nSPS) is 10.3. The van der Waals surface area contributed by atoms with Gasteiger partial charge in [0, 0.05) is 11.3 Å². The summed E-state index contributed by atoms with van der Waals surface area (Å²) in [6, 6.07) is 8.90. The van der Waals surface area contributed by atoms with Crippen LogP contribution in [-0.2, 0) is 0 Å². The van der Waals surface area contributed by atoms with Crippen molar-refractivity contribution in [2.75, 3.05) is 5.73 Å². The maximum atomic E-state index is 11.1. The molecule has 0 saturated heterocycles. The van der Waals surface area contributed by atoms with Crippen LogP contribution >= 0.6 is 0 Å². The Kier molecular flexibility index (Phi) is 2.97. The van der Waals surface area contributed by atoms with E-state index >= 15 is 0 Å². The highest BCUT2D eigenvalue weighted by molar-refractivity contribution is 5.78. The van der Waals surface area contributed by atoms with Gasteiger partial charge in [0.25, 0.3) is 0 Å². The molecule has 0 spiro atoms. The Balaban J connectivity index is 2.69. The molecule has 1 heterocycles. The summed E-state index contributed by atoms with van der Waals surface area (Å²) in [4.78, 5) is 14.8. The van der Waals surface area contributed by atoms with E-state index in [0.29, 0.717) is 17.0 Å². The number of nitro groups is 1. The van der Waals surface area contributed by atoms with Gasteiger partial charge in [0.15, 0.2) is 5.69 Å². The van der Waals surface area contributed by atoms with E-state index in [0.717, 1.165) is 5.56 Å². The summed E-state index contributed by atoms with van der Waals surface area (Å²) in [6.07, 6.45) is 0. The number of nitrogens with zero attached hydrogens (tertiary/aromatic N) is 2. The van der Waals surface area contributed by atoms with Crippen molar-refractivity contribution in [3.63, 3.8) is 0 Å². The summed E-state index contributed by atoms with van der Waals surface area (Å²) in [7, 11) is 0. The molecular weight excluding hydrogens is 230 g/mol. The van der Waals surface area contributed by atoms with Crippen molar-refractivity contribution in [1.29, 1.82) is 0 Å². The zero-order valence-corrected chi connectivity index (χ0v) is 10.2. The van der Waals surface area contributed by atoms with E-state index in [1.165, 1.54) is 6.07 Å². The number of anilines is 1. The lowest BCUT2D eigenvalue weighted by Gasteiger charge is -2.06. The van der Waals surface area contributed by atoms with Gasteiger partial charge in [0.2, 0.25) is 0 Å². The number of nitrogen functional groups attached to an aromatic ring is 1. The molecule has 0 amide bonds. The van der Waals surface area contributed by atoms with Crippen molar-refractivity contribution in [3.05, 3.63) is 51.7 Å². The monoisotopic (exact) mass is 243 g/mol. The summed E-state index contributed by atoms with van der Waals surface area (Å²) < 4.78 is 0. The molecule has 18 heavy (non-hydrogen) atoms. The zero-order valence-electron chi connectivity index (χ0n) is 10.2. The molecule has 0 aliphatic carbocycles. The summed E-state index contributed by atoms with van der Waals surface area (Å²) in [5.74, 6) is 0. The minimum Gasteiger partial charge on any atom is -0.393 e. The number of hydrogen-bond donors (Lipinski definition) is 1. The summed E-state index contributed by atoms with van der Waals surface area (Å²) in [6.45, 7) is 3.72. The molecule has 0 radical (unpaired) electrons. The zero-order chi connectivity index (χ0) is 13.3. The van der Waals surface area contributed by atoms with Crippen molar-refractivity contribution >= 4 is 11.4 Å². The smallest absolute Gasteiger partial charge is 0.318 e. The SMILES string of the molecule is Cc1ccc(-c2nc(C)cc(N)c2[N+](=O)[O-])cc1. The first-order chi connectivity index (χ1) is 8.49. The number of benzene rings is 1. The maximum absolute atomic E-state index is 11.1. The van der Waals surface area contributed by atoms with Crippen LogP contribution in [0, 0.1) is 24.0 Å². The second-order valence-corrected chi connectivity index (χ2v) is 4.17. The number of aromatic nitrogens is 1. The van der Waals surface area contributed by atoms with Gasteiger partial charge in [0.1, 0.15) is 5.69 Å². The summed E-state index contributed by atoms with van der Waals surface area (Å²) >= 11 is 0. The molecule has 0 aliphatic heterocycles. The van der Waals surface area contributed by atoms with Gasteiger partial charge in [-0.05, 0) is 19.9 Å². The fourth-order valence-electron chi connectivity index (χ4n) is 1.80. The average molecular weight is 243 g/mol. The molecule has 5 heteroatoms. The van der Waals surface area contributed by atoms with Crippen molar-refractivity contribution < 1.29 is 4.92 Å². The Morgan fingerprint density at radius 3 is 2.39 bits per heavy atom. The van der Waals surface area contributed by atoms with Gasteiger partial charge in [-0.2, -0.15) is 0 Å². The summed E-state index contributed by atoms with van der Waals surface area (Å²) in [5.41, 5.74) is 8.48. The van der Waals surface area contributed by atoms with Gasteiger partial charge in [-0.1, -0.05) is 29.8 Å². The quantitative estimate of drug-likeness (QED) is 0.649. The first kappa shape index (κ1) is 12.0. The van der Waals surface area contributed by atoms with Crippen LogP contribution in [0.25, 0.3) is 11.3 Å². The lowest BCUT2D eigenvalue weighted by Crippen LogP contribution is -2.01. The Bertz CT molecular complexity index is 606. The number of pyridine rings is 1. The third kappa shape index (κ3) is 2.15. The highest BCUT2D eigenvalue weighted by Gasteiger charge is 2.21. The van der Waals surface area contributed by atoms with Crippen molar-refractivity contribution in [2.24, 2.45) is 0 Å². The predicted molar refractivity (Wildman–Crippen MR) is 70.2 cm³/mol. The number of nitrogens with two attached hydrogens (primary N) is 1. The van der Waals surface area contributed by atoms with E-state index in [-0.39, 0.29) is 11.4 Å². The fraction of sp³-hybridized carbons (Fsp3) is 0.154. The van der Waals surface area contributed by atoms with Gasteiger partial charge in [-0.15, -0.1) is 0 Å². The Hall–Kier alpha value is -2.43. The van der Waals surface area contributed by atoms with Crippen molar-refractivity contribution in [3.8, 4) is 11.3 Å². The van der Waals surface area contributed by atoms with Gasteiger partial charge in [-0.25, -0.2) is 4.98 Å². The molecular formula is C13H13N3O2. The molecule has 0 bridgehead atoms. The van der Waals surface area contributed by atoms with E-state index in [4.69, 9.17) is 5.73 Å².